The van der Waals surface area contributed by atoms with Crippen LogP contribution < -0.4 is 5.32 Å². The van der Waals surface area contributed by atoms with Crippen LogP contribution in [0, 0.1) is 6.92 Å². The molecule has 0 aliphatic rings. The quantitative estimate of drug-likeness (QED) is 0.528. The Balaban J connectivity index is 1.48. The van der Waals surface area contributed by atoms with Crippen molar-refractivity contribution in [2.24, 2.45) is 0 Å². The van der Waals surface area contributed by atoms with Crippen LogP contribution >= 0.6 is 0 Å². The van der Waals surface area contributed by atoms with Crippen molar-refractivity contribution in [1.29, 1.82) is 0 Å². The van der Waals surface area contributed by atoms with Gasteiger partial charge in [-0.15, -0.1) is 0 Å². The molecule has 0 aliphatic carbocycles. The number of aromatic nitrogens is 1. The number of rotatable bonds is 5. The molecule has 0 aliphatic heterocycles. The molecule has 0 radical (unpaired) electrons. The minimum atomic E-state index is -0.973. The minimum Gasteiger partial charge on any atom is -0.464 e. The third kappa shape index (κ3) is 3.46. The molecule has 0 fully saturated rings. The SMILES string of the molecule is Cc1cc(NC(=O)[C@H](C)OC(=O)Cc2coc3ccc4ccccc4c23)no1. The summed E-state index contributed by atoms with van der Waals surface area (Å²) in [7, 11) is 0. The van der Waals surface area contributed by atoms with Crippen LogP contribution in [0.3, 0.4) is 0 Å². The van der Waals surface area contributed by atoms with E-state index in [1.807, 2.05) is 36.4 Å². The lowest BCUT2D eigenvalue weighted by Crippen LogP contribution is -2.30. The van der Waals surface area contributed by atoms with Crippen LogP contribution in [-0.2, 0) is 20.7 Å². The molecular weight excluding hydrogens is 360 g/mol. The number of aryl methyl sites for hydroxylation is 1. The molecule has 4 aromatic rings. The summed E-state index contributed by atoms with van der Waals surface area (Å²) in [6.45, 7) is 3.22. The molecule has 0 saturated heterocycles. The lowest BCUT2D eigenvalue weighted by molar-refractivity contribution is -0.152. The number of nitrogens with one attached hydrogen (secondary N) is 1. The van der Waals surface area contributed by atoms with Crippen molar-refractivity contribution in [3.05, 3.63) is 60.1 Å². The maximum atomic E-state index is 12.4. The first kappa shape index (κ1) is 17.8. The van der Waals surface area contributed by atoms with Gasteiger partial charge in [-0.2, -0.15) is 0 Å². The minimum absolute atomic E-state index is 0.00168. The molecule has 0 unspecified atom stereocenters. The highest BCUT2D eigenvalue weighted by molar-refractivity contribution is 6.08. The molecule has 142 valence electrons. The summed E-state index contributed by atoms with van der Waals surface area (Å²) in [6, 6.07) is 13.3. The second kappa shape index (κ2) is 7.19. The van der Waals surface area contributed by atoms with Crippen molar-refractivity contribution in [2.75, 3.05) is 5.32 Å². The topological polar surface area (TPSA) is 94.6 Å². The van der Waals surface area contributed by atoms with Crippen LogP contribution in [-0.4, -0.2) is 23.1 Å². The molecule has 1 atom stereocenters. The number of fused-ring (bicyclic) bond motifs is 3. The van der Waals surface area contributed by atoms with Gasteiger partial charge in [0.2, 0.25) is 0 Å². The average molecular weight is 378 g/mol. The van der Waals surface area contributed by atoms with Crippen LogP contribution in [0.4, 0.5) is 5.82 Å². The van der Waals surface area contributed by atoms with E-state index in [1.165, 1.54) is 6.92 Å². The highest BCUT2D eigenvalue weighted by Crippen LogP contribution is 2.30. The first-order valence-electron chi connectivity index (χ1n) is 8.83. The van der Waals surface area contributed by atoms with Crippen molar-refractivity contribution < 1.29 is 23.3 Å². The van der Waals surface area contributed by atoms with E-state index < -0.39 is 18.0 Å². The van der Waals surface area contributed by atoms with Crippen molar-refractivity contribution in [3.63, 3.8) is 0 Å². The summed E-state index contributed by atoms with van der Waals surface area (Å²) in [6.07, 6.45) is 0.586. The largest absolute Gasteiger partial charge is 0.464 e. The van der Waals surface area contributed by atoms with Gasteiger partial charge in [0.1, 0.15) is 11.3 Å². The zero-order chi connectivity index (χ0) is 19.7. The Kier molecular flexibility index (Phi) is 4.57. The number of amides is 1. The Morgan fingerprint density at radius 1 is 1.21 bits per heavy atom. The Hall–Kier alpha value is -3.61. The molecular formula is C21H18N2O5. The zero-order valence-corrected chi connectivity index (χ0v) is 15.4. The molecule has 1 amide bonds. The second-order valence-corrected chi connectivity index (χ2v) is 6.54. The fraction of sp³-hybridized carbons (Fsp3) is 0.190. The summed E-state index contributed by atoms with van der Waals surface area (Å²) in [4.78, 5) is 24.5. The third-order valence-corrected chi connectivity index (χ3v) is 4.43. The molecule has 7 nitrogen and oxygen atoms in total. The lowest BCUT2D eigenvalue weighted by Gasteiger charge is -2.12. The smallest absolute Gasteiger partial charge is 0.311 e. The van der Waals surface area contributed by atoms with Gasteiger partial charge in [0.05, 0.1) is 12.7 Å². The van der Waals surface area contributed by atoms with Crippen LogP contribution in [0.1, 0.15) is 18.2 Å². The number of anilines is 1. The van der Waals surface area contributed by atoms with Gasteiger partial charge in [-0.05, 0) is 30.7 Å². The van der Waals surface area contributed by atoms with E-state index in [1.54, 1.807) is 19.3 Å². The first-order valence-corrected chi connectivity index (χ1v) is 8.83. The molecule has 1 N–H and O–H groups in total. The number of ether oxygens (including phenoxy) is 1. The van der Waals surface area contributed by atoms with Gasteiger partial charge in [0, 0.05) is 17.0 Å². The standard InChI is InChI=1S/C21H18N2O5/c1-12-9-18(23-28-12)22-21(25)13(2)27-19(24)10-15-11-26-17-8-7-14-5-3-4-6-16(14)20(15)17/h3-9,11,13H,10H2,1-2H3,(H,22,23,25)/t13-/m0/s1. The van der Waals surface area contributed by atoms with E-state index in [0.717, 1.165) is 21.7 Å². The summed E-state index contributed by atoms with van der Waals surface area (Å²) in [5, 5.41) is 9.16. The maximum Gasteiger partial charge on any atom is 0.311 e. The van der Waals surface area contributed by atoms with Crippen molar-refractivity contribution >= 4 is 39.4 Å². The Labute approximate surface area is 160 Å². The van der Waals surface area contributed by atoms with Gasteiger partial charge in [-0.3, -0.25) is 9.59 Å². The fourth-order valence-corrected chi connectivity index (χ4v) is 3.11. The van der Waals surface area contributed by atoms with Gasteiger partial charge in [-0.25, -0.2) is 0 Å². The molecule has 4 rings (SSSR count). The Bertz CT molecular complexity index is 1170. The molecule has 0 spiro atoms. The van der Waals surface area contributed by atoms with Crippen LogP contribution in [0.25, 0.3) is 21.7 Å². The Morgan fingerprint density at radius 2 is 2.04 bits per heavy atom. The van der Waals surface area contributed by atoms with E-state index in [9.17, 15) is 9.59 Å². The van der Waals surface area contributed by atoms with Gasteiger partial charge in [0.25, 0.3) is 5.91 Å². The number of esters is 1. The Morgan fingerprint density at radius 3 is 2.82 bits per heavy atom. The lowest BCUT2D eigenvalue weighted by atomic mass is 10.0. The highest BCUT2D eigenvalue weighted by Gasteiger charge is 2.21. The fourth-order valence-electron chi connectivity index (χ4n) is 3.11. The highest BCUT2D eigenvalue weighted by atomic mass is 16.5. The van der Waals surface area contributed by atoms with E-state index in [-0.39, 0.29) is 12.2 Å². The van der Waals surface area contributed by atoms with Crippen LogP contribution in [0.15, 0.2) is 57.7 Å². The third-order valence-electron chi connectivity index (χ3n) is 4.43. The summed E-state index contributed by atoms with van der Waals surface area (Å²) >= 11 is 0. The number of benzene rings is 2. The van der Waals surface area contributed by atoms with Crippen LogP contribution in [0.2, 0.25) is 0 Å². The van der Waals surface area contributed by atoms with Gasteiger partial charge in [-0.1, -0.05) is 35.5 Å². The first-order chi connectivity index (χ1) is 13.5. The number of hydrogen-bond acceptors (Lipinski definition) is 6. The summed E-state index contributed by atoms with van der Waals surface area (Å²) < 4.78 is 15.7. The molecule has 2 heterocycles. The van der Waals surface area contributed by atoms with Crippen molar-refractivity contribution in [3.8, 4) is 0 Å². The summed E-state index contributed by atoms with van der Waals surface area (Å²) in [5.41, 5.74) is 1.42. The van der Waals surface area contributed by atoms with E-state index >= 15 is 0 Å². The number of carbonyl (C=O) groups excluding carboxylic acids is 2. The maximum absolute atomic E-state index is 12.4. The molecule has 2 aromatic carbocycles. The normalized spacial score (nSPS) is 12.2. The molecule has 0 bridgehead atoms. The molecule has 2 aromatic heterocycles. The average Bonchev–Trinajstić information content (AvgIpc) is 3.27. The molecule has 7 heteroatoms. The van der Waals surface area contributed by atoms with Gasteiger partial charge in [0.15, 0.2) is 11.9 Å². The monoisotopic (exact) mass is 378 g/mol. The number of nitrogens with zero attached hydrogens (tertiary/aromatic N) is 1. The number of furan rings is 1. The van der Waals surface area contributed by atoms with Crippen LogP contribution in [0.5, 0.6) is 0 Å². The predicted octanol–water partition coefficient (Wildman–Crippen LogP) is 4.00. The van der Waals surface area contributed by atoms with Crippen molar-refractivity contribution in [2.45, 2.75) is 26.4 Å². The summed E-state index contributed by atoms with van der Waals surface area (Å²) in [5.74, 6) is -0.157. The van der Waals surface area contributed by atoms with Gasteiger partial charge >= 0.3 is 5.97 Å². The number of carbonyl (C=O) groups is 2. The number of hydrogen-bond donors (Lipinski definition) is 1. The van der Waals surface area contributed by atoms with E-state index in [4.69, 9.17) is 13.7 Å². The van der Waals surface area contributed by atoms with Crippen molar-refractivity contribution in [1.82, 2.24) is 5.16 Å². The zero-order valence-electron chi connectivity index (χ0n) is 15.4. The van der Waals surface area contributed by atoms with E-state index in [0.29, 0.717) is 11.3 Å². The van der Waals surface area contributed by atoms with Gasteiger partial charge < -0.3 is 19.0 Å². The molecule has 0 saturated carbocycles. The van der Waals surface area contributed by atoms with E-state index in [2.05, 4.69) is 10.5 Å². The second-order valence-electron chi connectivity index (χ2n) is 6.54. The molecule has 28 heavy (non-hydrogen) atoms. The predicted molar refractivity (Wildman–Crippen MR) is 103 cm³/mol.